The zero-order valence-corrected chi connectivity index (χ0v) is 20.1. The first kappa shape index (κ1) is 24.2. The van der Waals surface area contributed by atoms with Gasteiger partial charge in [0.1, 0.15) is 5.75 Å². The number of carboxylic acid groups (broad SMARTS) is 1. The minimum atomic E-state index is -0.739. The van der Waals surface area contributed by atoms with E-state index in [4.69, 9.17) is 21.4 Å². The van der Waals surface area contributed by atoms with E-state index in [-0.39, 0.29) is 17.6 Å². The molecule has 178 valence electrons. The number of carbonyl (C=O) groups is 1. The number of ether oxygens (including phenoxy) is 1. The first-order valence-corrected chi connectivity index (χ1v) is 12.2. The zero-order valence-electron chi connectivity index (χ0n) is 19.4. The Bertz CT molecular complexity index is 1130. The maximum atomic E-state index is 11.0. The van der Waals surface area contributed by atoms with Crippen LogP contribution in [0.5, 0.6) is 5.75 Å². The summed E-state index contributed by atoms with van der Waals surface area (Å²) in [6.07, 6.45) is 5.64. The van der Waals surface area contributed by atoms with E-state index in [1.54, 1.807) is 6.20 Å². The number of nitrogens with zero attached hydrogens (tertiary/aromatic N) is 2. The van der Waals surface area contributed by atoms with Crippen molar-refractivity contribution in [2.75, 3.05) is 13.2 Å². The molecule has 6 nitrogen and oxygen atoms in total. The number of hydrogen-bond donors (Lipinski definition) is 2. The van der Waals surface area contributed by atoms with Gasteiger partial charge in [0.15, 0.2) is 0 Å². The van der Waals surface area contributed by atoms with E-state index >= 15 is 0 Å². The van der Waals surface area contributed by atoms with Crippen LogP contribution in [0.25, 0.3) is 11.1 Å². The second-order valence-electron chi connectivity index (χ2n) is 8.62. The van der Waals surface area contributed by atoms with Gasteiger partial charge in [-0.2, -0.15) is 0 Å². The summed E-state index contributed by atoms with van der Waals surface area (Å²) < 4.78 is 5.93. The number of fused-ring (bicyclic) bond motifs is 1. The van der Waals surface area contributed by atoms with Crippen molar-refractivity contribution < 1.29 is 14.6 Å². The number of rotatable bonds is 11. The highest BCUT2D eigenvalue weighted by Gasteiger charge is 2.24. The summed E-state index contributed by atoms with van der Waals surface area (Å²) in [5, 5.41) is 12.8. The molecule has 1 aliphatic carbocycles. The van der Waals surface area contributed by atoms with Gasteiger partial charge in [-0.1, -0.05) is 37.3 Å². The highest BCUT2D eigenvalue weighted by atomic mass is 35.5. The predicted octanol–water partition coefficient (Wildman–Crippen LogP) is 5.42. The normalized spacial score (nSPS) is 14.7. The van der Waals surface area contributed by atoms with Crippen molar-refractivity contribution in [1.29, 1.82) is 0 Å². The molecule has 0 radical (unpaired) electrons. The van der Waals surface area contributed by atoms with Gasteiger partial charge in [0.2, 0.25) is 5.28 Å². The molecule has 1 aromatic heterocycles. The largest absolute Gasteiger partial charge is 0.494 e. The van der Waals surface area contributed by atoms with Gasteiger partial charge in [0.05, 0.1) is 18.7 Å². The van der Waals surface area contributed by atoms with Crippen LogP contribution in [0.15, 0.2) is 48.7 Å². The van der Waals surface area contributed by atoms with Crippen molar-refractivity contribution in [3.05, 3.63) is 76.3 Å². The summed E-state index contributed by atoms with van der Waals surface area (Å²) in [6, 6.07) is 14.5. The van der Waals surface area contributed by atoms with E-state index in [0.29, 0.717) is 13.2 Å². The van der Waals surface area contributed by atoms with Gasteiger partial charge in [-0.25, -0.2) is 9.97 Å². The molecule has 0 fully saturated rings. The van der Waals surface area contributed by atoms with Crippen molar-refractivity contribution in [1.82, 2.24) is 15.3 Å². The molecule has 0 bridgehead atoms. The van der Waals surface area contributed by atoms with Gasteiger partial charge in [-0.3, -0.25) is 4.79 Å². The first-order valence-electron chi connectivity index (χ1n) is 11.8. The molecule has 0 aliphatic heterocycles. The van der Waals surface area contributed by atoms with Crippen LogP contribution in [0.4, 0.5) is 0 Å². The van der Waals surface area contributed by atoms with Gasteiger partial charge in [0.25, 0.3) is 0 Å². The Kier molecular flexibility index (Phi) is 8.14. The first-order chi connectivity index (χ1) is 16.5. The van der Waals surface area contributed by atoms with E-state index in [1.807, 2.05) is 12.1 Å². The number of hydrogen-bond acceptors (Lipinski definition) is 5. The van der Waals surface area contributed by atoms with Gasteiger partial charge in [0, 0.05) is 18.3 Å². The summed E-state index contributed by atoms with van der Waals surface area (Å²) in [5.74, 6) is 0.224. The molecule has 1 aliphatic rings. The Morgan fingerprint density at radius 2 is 2.06 bits per heavy atom. The van der Waals surface area contributed by atoms with E-state index in [9.17, 15) is 4.79 Å². The van der Waals surface area contributed by atoms with Gasteiger partial charge in [-0.05, 0) is 84.1 Å². The molecule has 2 N–H and O–H groups in total. The molecule has 4 rings (SSSR count). The highest BCUT2D eigenvalue weighted by Crippen LogP contribution is 2.37. The second-order valence-corrected chi connectivity index (χ2v) is 8.96. The number of aliphatic carboxylic acids is 1. The molecule has 1 heterocycles. The third-order valence-corrected chi connectivity index (χ3v) is 6.49. The van der Waals surface area contributed by atoms with E-state index in [1.165, 1.54) is 11.1 Å². The fraction of sp³-hybridized carbons (Fsp3) is 0.370. The number of carboxylic acids is 1. The number of halogens is 1. The second kappa shape index (κ2) is 11.4. The lowest BCUT2D eigenvalue weighted by atomic mass is 9.98. The number of nitrogens with one attached hydrogen (secondary N) is 1. The zero-order chi connectivity index (χ0) is 23.9. The molecular weight excluding hydrogens is 450 g/mol. The Morgan fingerprint density at radius 3 is 2.82 bits per heavy atom. The van der Waals surface area contributed by atoms with Gasteiger partial charge >= 0.3 is 5.97 Å². The molecule has 1 atom stereocenters. The van der Waals surface area contributed by atoms with Crippen LogP contribution in [0.3, 0.4) is 0 Å². The third kappa shape index (κ3) is 6.13. The molecule has 0 unspecified atom stereocenters. The summed E-state index contributed by atoms with van der Waals surface area (Å²) >= 11 is 6.06. The quantitative estimate of drug-likeness (QED) is 0.282. The van der Waals surface area contributed by atoms with Crippen molar-refractivity contribution >= 4 is 17.6 Å². The predicted molar refractivity (Wildman–Crippen MR) is 133 cm³/mol. The smallest absolute Gasteiger partial charge is 0.303 e. The standard InChI is InChI=1S/C27H30ClN3O3/c1-2-18-4-6-19(7-5-18)24-16-30-27(28)31-25(24)17-29-12-3-13-34-22-10-11-23-20(14-22)8-9-21(23)15-26(32)33/h4-7,10-11,14,16,21,29H,2-3,8-9,12-13,15,17H2,1H3,(H,32,33)/t21-/m0/s1. The van der Waals surface area contributed by atoms with Gasteiger partial charge < -0.3 is 15.2 Å². The van der Waals surface area contributed by atoms with Crippen molar-refractivity contribution in [3.63, 3.8) is 0 Å². The molecule has 0 amide bonds. The molecule has 0 saturated heterocycles. The molecular formula is C27H30ClN3O3. The molecule has 3 aromatic rings. The SMILES string of the molecule is CCc1ccc(-c2cnc(Cl)nc2CNCCCOc2ccc3c(c2)CC[C@H]3CC(=O)O)cc1. The van der Waals surface area contributed by atoms with E-state index in [2.05, 4.69) is 52.5 Å². The number of aryl methyl sites for hydroxylation is 2. The lowest BCUT2D eigenvalue weighted by Crippen LogP contribution is -2.18. The molecule has 7 heteroatoms. The minimum Gasteiger partial charge on any atom is -0.494 e. The van der Waals surface area contributed by atoms with Crippen molar-refractivity contribution in [3.8, 4) is 16.9 Å². The van der Waals surface area contributed by atoms with Crippen LogP contribution in [0.2, 0.25) is 5.28 Å². The average Bonchev–Trinajstić information content (AvgIpc) is 3.23. The summed E-state index contributed by atoms with van der Waals surface area (Å²) in [7, 11) is 0. The maximum Gasteiger partial charge on any atom is 0.303 e. The van der Waals surface area contributed by atoms with Crippen LogP contribution < -0.4 is 10.1 Å². The Morgan fingerprint density at radius 1 is 1.24 bits per heavy atom. The fourth-order valence-corrected chi connectivity index (χ4v) is 4.63. The summed E-state index contributed by atoms with van der Waals surface area (Å²) in [5.41, 5.74) is 6.59. The average molecular weight is 480 g/mol. The highest BCUT2D eigenvalue weighted by molar-refractivity contribution is 6.28. The van der Waals surface area contributed by atoms with Crippen LogP contribution in [-0.4, -0.2) is 34.2 Å². The van der Waals surface area contributed by atoms with Crippen molar-refractivity contribution in [2.45, 2.75) is 51.5 Å². The Balaban J connectivity index is 1.25. The van der Waals surface area contributed by atoms with Gasteiger partial charge in [-0.15, -0.1) is 0 Å². The van der Waals surface area contributed by atoms with Crippen LogP contribution in [0.1, 0.15) is 54.5 Å². The minimum absolute atomic E-state index is 0.121. The fourth-order valence-electron chi connectivity index (χ4n) is 4.48. The molecule has 2 aromatic carbocycles. The van der Waals surface area contributed by atoms with Crippen LogP contribution >= 0.6 is 11.6 Å². The van der Waals surface area contributed by atoms with Crippen molar-refractivity contribution in [2.24, 2.45) is 0 Å². The van der Waals surface area contributed by atoms with E-state index in [0.717, 1.165) is 60.4 Å². The molecule has 0 spiro atoms. The van der Waals surface area contributed by atoms with Crippen LogP contribution in [-0.2, 0) is 24.2 Å². The monoisotopic (exact) mass is 479 g/mol. The summed E-state index contributed by atoms with van der Waals surface area (Å²) in [4.78, 5) is 19.6. The Labute approximate surface area is 205 Å². The number of aromatic nitrogens is 2. The number of benzene rings is 2. The lowest BCUT2D eigenvalue weighted by molar-refractivity contribution is -0.137. The lowest BCUT2D eigenvalue weighted by Gasteiger charge is -2.12. The van der Waals surface area contributed by atoms with Crippen LogP contribution in [0, 0.1) is 0 Å². The topological polar surface area (TPSA) is 84.3 Å². The molecule has 34 heavy (non-hydrogen) atoms. The Hall–Kier alpha value is -2.96. The third-order valence-electron chi connectivity index (χ3n) is 6.31. The molecule has 0 saturated carbocycles. The maximum absolute atomic E-state index is 11.0. The summed E-state index contributed by atoms with van der Waals surface area (Å²) in [6.45, 7) is 4.11. The van der Waals surface area contributed by atoms with E-state index < -0.39 is 5.97 Å².